The molecule has 0 aromatic rings. The molecule has 0 heterocycles. The van der Waals surface area contributed by atoms with Crippen molar-refractivity contribution in [3.8, 4) is 0 Å². The Balaban J connectivity index is 3.57. The van der Waals surface area contributed by atoms with Crippen molar-refractivity contribution in [1.82, 2.24) is 0 Å². The summed E-state index contributed by atoms with van der Waals surface area (Å²) in [4.78, 5) is 19.5. The first-order valence-corrected chi connectivity index (χ1v) is 2.20. The molecule has 0 saturated heterocycles. The summed E-state index contributed by atoms with van der Waals surface area (Å²) in [5.74, 6) is -0.411. The van der Waals surface area contributed by atoms with E-state index < -0.39 is 10.2 Å². The first kappa shape index (κ1) is 5.96. The topological polar surface area (TPSA) is 34.1 Å². The van der Waals surface area contributed by atoms with E-state index in [1.807, 2.05) is 0 Å². The molecule has 3 heteroatoms. The van der Waals surface area contributed by atoms with Crippen LogP contribution < -0.4 is 0 Å². The Kier molecular flexibility index (Phi) is 2.18. The molecular formula is C3H3O2Ru. The Bertz CT molecular complexity index is 74.8. The molecule has 0 fully saturated rings. The van der Waals surface area contributed by atoms with E-state index in [-0.39, 0.29) is 0 Å². The zero-order valence-corrected chi connectivity index (χ0v) is 4.91. The fourth-order valence-electron chi connectivity index (χ4n) is 0. The maximum absolute atomic E-state index is 9.78. The van der Waals surface area contributed by atoms with E-state index in [1.165, 1.54) is 6.92 Å². The van der Waals surface area contributed by atoms with Crippen LogP contribution in [0.15, 0.2) is 0 Å². The Morgan fingerprint density at radius 2 is 1.67 bits per heavy atom. The molecule has 0 spiro atoms. The van der Waals surface area contributed by atoms with E-state index in [2.05, 4.69) is 0 Å². The molecule has 0 N–H and O–H groups in total. The van der Waals surface area contributed by atoms with E-state index in [9.17, 15) is 9.59 Å². The van der Waals surface area contributed by atoms with Gasteiger partial charge in [-0.15, -0.1) is 0 Å². The van der Waals surface area contributed by atoms with Gasteiger partial charge in [0.15, 0.2) is 0 Å². The van der Waals surface area contributed by atoms with E-state index in [4.69, 9.17) is 0 Å². The van der Waals surface area contributed by atoms with E-state index in [0.717, 1.165) is 0 Å². The number of carbonyl (C=O) groups excluding carboxylic acids is 2. The monoisotopic (exact) mass is 173 g/mol. The van der Waals surface area contributed by atoms with Crippen molar-refractivity contribution >= 4 is 10.2 Å². The summed E-state index contributed by atoms with van der Waals surface area (Å²) in [6, 6.07) is 0. The van der Waals surface area contributed by atoms with Crippen LogP contribution in [0.25, 0.3) is 0 Å². The second-order valence-electron chi connectivity index (χ2n) is 0.819. The molecule has 0 saturated carbocycles. The van der Waals surface area contributed by atoms with Gasteiger partial charge in [0.1, 0.15) is 0 Å². The summed E-state index contributed by atoms with van der Waals surface area (Å²) in [6.07, 6.45) is 0. The second kappa shape index (κ2) is 2.19. The van der Waals surface area contributed by atoms with Gasteiger partial charge in [-0.25, -0.2) is 0 Å². The Hall–Kier alpha value is -0.0366. The van der Waals surface area contributed by atoms with Crippen molar-refractivity contribution in [2.75, 3.05) is 0 Å². The molecule has 0 aliphatic carbocycles. The van der Waals surface area contributed by atoms with Crippen LogP contribution in [-0.4, -0.2) is 10.2 Å². The number of hydrogen-bond acceptors (Lipinski definition) is 2. The van der Waals surface area contributed by atoms with Gasteiger partial charge < -0.3 is 0 Å². The molecule has 0 bridgehead atoms. The molecular weight excluding hydrogens is 169 g/mol. The van der Waals surface area contributed by atoms with Crippen molar-refractivity contribution in [2.45, 2.75) is 6.92 Å². The van der Waals surface area contributed by atoms with E-state index >= 15 is 0 Å². The molecule has 6 heavy (non-hydrogen) atoms. The van der Waals surface area contributed by atoms with Crippen LogP contribution in [0.3, 0.4) is 0 Å². The van der Waals surface area contributed by atoms with Crippen molar-refractivity contribution in [3.63, 3.8) is 0 Å². The van der Waals surface area contributed by atoms with Gasteiger partial charge in [0, 0.05) is 0 Å². The molecule has 0 atom stereocenters. The minimum absolute atomic E-state index is 0.411. The van der Waals surface area contributed by atoms with Crippen molar-refractivity contribution in [2.24, 2.45) is 0 Å². The normalized spacial score (nSPS) is 7.67. The SMILES string of the molecule is CC(=O)[C](=O)[Ru]. The van der Waals surface area contributed by atoms with Crippen LogP contribution in [0, 0.1) is 0 Å². The van der Waals surface area contributed by atoms with Crippen LogP contribution in [0.2, 0.25) is 0 Å². The van der Waals surface area contributed by atoms with Gasteiger partial charge in [0.25, 0.3) is 0 Å². The summed E-state index contributed by atoms with van der Waals surface area (Å²) >= 11 is 1.70. The number of carbonyl (C=O) groups is 2. The molecule has 0 unspecified atom stereocenters. The quantitative estimate of drug-likeness (QED) is 0.400. The molecule has 2 nitrogen and oxygen atoms in total. The third-order valence-electron chi connectivity index (χ3n) is 0.268. The van der Waals surface area contributed by atoms with E-state index in [1.54, 1.807) is 18.3 Å². The zero-order valence-electron chi connectivity index (χ0n) is 3.17. The van der Waals surface area contributed by atoms with Gasteiger partial charge >= 0.3 is 45.0 Å². The molecule has 35 valence electrons. The van der Waals surface area contributed by atoms with Gasteiger partial charge in [-0.3, -0.25) is 0 Å². The van der Waals surface area contributed by atoms with Gasteiger partial charge in [0.05, 0.1) is 0 Å². The predicted octanol–water partition coefficient (Wildman–Crippen LogP) is -0.351. The maximum atomic E-state index is 9.78. The molecule has 0 aromatic heterocycles. The first-order valence-electron chi connectivity index (χ1n) is 1.34. The molecule has 0 radical (unpaired) electrons. The van der Waals surface area contributed by atoms with Gasteiger partial charge in [-0.2, -0.15) is 0 Å². The standard InChI is InChI=1S/C3H3O2.Ru/c1-3(5)2-4;/h1H3;. The molecule has 0 amide bonds. The number of rotatable bonds is 1. The number of Topliss-reactive ketones (excluding diaryl/α,β-unsaturated/α-hetero) is 1. The van der Waals surface area contributed by atoms with Crippen LogP contribution in [0.4, 0.5) is 0 Å². The number of hydrogen-bond donors (Lipinski definition) is 0. The van der Waals surface area contributed by atoms with Crippen molar-refractivity contribution in [1.29, 1.82) is 0 Å². The number of ketones is 1. The van der Waals surface area contributed by atoms with Gasteiger partial charge in [-0.1, -0.05) is 0 Å². The Labute approximate surface area is 45.6 Å². The fraction of sp³-hybridized carbons (Fsp3) is 0.333. The fourth-order valence-corrected chi connectivity index (χ4v) is 0. The third-order valence-corrected chi connectivity index (χ3v) is 0.880. The summed E-state index contributed by atoms with van der Waals surface area (Å²) < 4.78 is -0.450. The van der Waals surface area contributed by atoms with Crippen LogP contribution in [0.1, 0.15) is 6.92 Å². The molecule has 0 rings (SSSR count). The summed E-state index contributed by atoms with van der Waals surface area (Å²) in [5, 5.41) is 0. The first-order chi connectivity index (χ1) is 2.64. The molecule has 0 aliphatic rings. The van der Waals surface area contributed by atoms with Gasteiger partial charge in [0.2, 0.25) is 0 Å². The minimum atomic E-state index is -0.450. The molecule has 0 aromatic carbocycles. The average Bonchev–Trinajstić information content (AvgIpc) is 1.36. The summed E-state index contributed by atoms with van der Waals surface area (Å²) in [6.45, 7) is 1.23. The van der Waals surface area contributed by atoms with Crippen molar-refractivity contribution < 1.29 is 27.9 Å². The van der Waals surface area contributed by atoms with Crippen LogP contribution >= 0.6 is 0 Å². The Morgan fingerprint density at radius 1 is 1.50 bits per heavy atom. The van der Waals surface area contributed by atoms with Crippen LogP contribution in [0.5, 0.6) is 0 Å². The van der Waals surface area contributed by atoms with Crippen LogP contribution in [-0.2, 0) is 27.9 Å². The second-order valence-corrected chi connectivity index (χ2v) is 1.61. The van der Waals surface area contributed by atoms with Crippen molar-refractivity contribution in [3.05, 3.63) is 0 Å². The average molecular weight is 172 g/mol. The third kappa shape index (κ3) is 2.22. The molecule has 0 aliphatic heterocycles. The summed E-state index contributed by atoms with van der Waals surface area (Å²) in [5.41, 5.74) is 0. The Morgan fingerprint density at radius 3 is 1.67 bits per heavy atom. The summed E-state index contributed by atoms with van der Waals surface area (Å²) in [7, 11) is 0. The predicted molar refractivity (Wildman–Crippen MR) is 15.7 cm³/mol. The van der Waals surface area contributed by atoms with Gasteiger partial charge in [-0.05, 0) is 0 Å². The zero-order chi connectivity index (χ0) is 5.15. The van der Waals surface area contributed by atoms with E-state index in [0.29, 0.717) is 0 Å².